The van der Waals surface area contributed by atoms with Gasteiger partial charge in [0, 0.05) is 12.1 Å². The second kappa shape index (κ2) is 7.23. The van der Waals surface area contributed by atoms with Crippen molar-refractivity contribution in [1.82, 2.24) is 5.32 Å². The molecule has 0 radical (unpaired) electrons. The molecule has 2 nitrogen and oxygen atoms in total. The summed E-state index contributed by atoms with van der Waals surface area (Å²) in [4.78, 5) is 0. The molecule has 0 spiro atoms. The van der Waals surface area contributed by atoms with Crippen LogP contribution >= 0.6 is 0 Å². The smallest absolute Gasteiger partial charge is 0.123 e. The van der Waals surface area contributed by atoms with E-state index < -0.39 is 0 Å². The van der Waals surface area contributed by atoms with Gasteiger partial charge in [0.25, 0.3) is 0 Å². The summed E-state index contributed by atoms with van der Waals surface area (Å²) in [5.74, 6) is 0.647. The highest BCUT2D eigenvalue weighted by Crippen LogP contribution is 2.29. The lowest BCUT2D eigenvalue weighted by molar-refractivity contribution is 0.408. The molecule has 0 bridgehead atoms. The van der Waals surface area contributed by atoms with Gasteiger partial charge >= 0.3 is 0 Å². The number of benzene rings is 2. The van der Waals surface area contributed by atoms with Crippen molar-refractivity contribution < 1.29 is 9.13 Å². The van der Waals surface area contributed by atoms with Gasteiger partial charge in [0.05, 0.1) is 7.11 Å². The molecule has 0 aromatic heterocycles. The van der Waals surface area contributed by atoms with Crippen molar-refractivity contribution in [1.29, 1.82) is 0 Å². The fourth-order valence-corrected chi connectivity index (χ4v) is 2.39. The van der Waals surface area contributed by atoms with Crippen molar-refractivity contribution in [2.24, 2.45) is 0 Å². The van der Waals surface area contributed by atoms with Gasteiger partial charge in [-0.3, -0.25) is 0 Å². The van der Waals surface area contributed by atoms with Crippen LogP contribution in [0.1, 0.15) is 24.5 Å². The number of halogens is 1. The molecule has 0 aliphatic heterocycles. The Bertz CT molecular complexity index is 610. The Kier molecular flexibility index (Phi) is 5.34. The maximum absolute atomic E-state index is 13.5. The van der Waals surface area contributed by atoms with Crippen LogP contribution in [0.4, 0.5) is 4.39 Å². The average molecular weight is 287 g/mol. The average Bonchev–Trinajstić information content (AvgIpc) is 2.50. The van der Waals surface area contributed by atoms with E-state index in [0.717, 1.165) is 47.5 Å². The molecule has 0 atom stereocenters. The third-order valence-electron chi connectivity index (χ3n) is 3.53. The van der Waals surface area contributed by atoms with Crippen LogP contribution in [0.3, 0.4) is 0 Å². The summed E-state index contributed by atoms with van der Waals surface area (Å²) in [7, 11) is 1.67. The number of hydrogen-bond acceptors (Lipinski definition) is 2. The van der Waals surface area contributed by atoms with Crippen LogP contribution in [0.25, 0.3) is 11.1 Å². The van der Waals surface area contributed by atoms with Crippen LogP contribution < -0.4 is 10.1 Å². The zero-order valence-corrected chi connectivity index (χ0v) is 12.9. The Morgan fingerprint density at radius 3 is 2.67 bits per heavy atom. The van der Waals surface area contributed by atoms with E-state index in [2.05, 4.69) is 18.3 Å². The molecule has 2 rings (SSSR count). The maximum atomic E-state index is 13.5. The quantitative estimate of drug-likeness (QED) is 0.799. The SMILES string of the molecule is CCCNCc1cc(-c2cc(F)ccc2C)ccc1OC. The van der Waals surface area contributed by atoms with Crippen molar-refractivity contribution in [3.8, 4) is 16.9 Å². The van der Waals surface area contributed by atoms with Crippen LogP contribution in [0.15, 0.2) is 36.4 Å². The van der Waals surface area contributed by atoms with Gasteiger partial charge in [-0.05, 0) is 60.8 Å². The molecule has 21 heavy (non-hydrogen) atoms. The van der Waals surface area contributed by atoms with Gasteiger partial charge in [0.15, 0.2) is 0 Å². The zero-order chi connectivity index (χ0) is 15.2. The highest BCUT2D eigenvalue weighted by molar-refractivity contribution is 5.69. The molecule has 2 aromatic rings. The normalized spacial score (nSPS) is 10.7. The summed E-state index contributed by atoms with van der Waals surface area (Å²) < 4.78 is 18.9. The second-order valence-electron chi connectivity index (χ2n) is 5.16. The van der Waals surface area contributed by atoms with E-state index >= 15 is 0 Å². The summed E-state index contributed by atoms with van der Waals surface area (Å²) in [5, 5.41) is 3.38. The van der Waals surface area contributed by atoms with E-state index in [1.807, 2.05) is 25.1 Å². The summed E-state index contributed by atoms with van der Waals surface area (Å²) in [6, 6.07) is 10.9. The van der Waals surface area contributed by atoms with E-state index in [4.69, 9.17) is 4.74 Å². The number of ether oxygens (including phenoxy) is 1. The van der Waals surface area contributed by atoms with E-state index in [1.54, 1.807) is 13.2 Å². The molecule has 1 N–H and O–H groups in total. The van der Waals surface area contributed by atoms with E-state index in [9.17, 15) is 4.39 Å². The number of nitrogens with one attached hydrogen (secondary N) is 1. The Hall–Kier alpha value is -1.87. The van der Waals surface area contributed by atoms with Crippen molar-refractivity contribution in [3.05, 3.63) is 53.3 Å². The van der Waals surface area contributed by atoms with Gasteiger partial charge < -0.3 is 10.1 Å². The minimum atomic E-state index is -0.211. The summed E-state index contributed by atoms with van der Waals surface area (Å²) in [5.41, 5.74) is 4.09. The molecule has 0 aliphatic carbocycles. The zero-order valence-electron chi connectivity index (χ0n) is 12.9. The molecule has 2 aromatic carbocycles. The first kappa shape index (κ1) is 15.5. The molecule has 112 valence electrons. The fourth-order valence-electron chi connectivity index (χ4n) is 2.39. The molecule has 3 heteroatoms. The number of methoxy groups -OCH3 is 1. The molecular formula is C18H22FNO. The van der Waals surface area contributed by atoms with Gasteiger partial charge in [0.2, 0.25) is 0 Å². The third kappa shape index (κ3) is 3.82. The highest BCUT2D eigenvalue weighted by atomic mass is 19.1. The predicted molar refractivity (Wildman–Crippen MR) is 85.1 cm³/mol. The summed E-state index contributed by atoms with van der Waals surface area (Å²) in [6.45, 7) is 5.84. The number of hydrogen-bond donors (Lipinski definition) is 1. The predicted octanol–water partition coefficient (Wildman–Crippen LogP) is 4.31. The van der Waals surface area contributed by atoms with Crippen LogP contribution in [0, 0.1) is 12.7 Å². The van der Waals surface area contributed by atoms with Crippen molar-refractivity contribution >= 4 is 0 Å². The van der Waals surface area contributed by atoms with Crippen LogP contribution in [-0.2, 0) is 6.54 Å². The Labute approximate surface area is 126 Å². The van der Waals surface area contributed by atoms with E-state index in [-0.39, 0.29) is 5.82 Å². The van der Waals surface area contributed by atoms with Crippen molar-refractivity contribution in [2.75, 3.05) is 13.7 Å². The Morgan fingerprint density at radius 1 is 1.14 bits per heavy atom. The van der Waals surface area contributed by atoms with Gasteiger partial charge in [-0.15, -0.1) is 0 Å². The van der Waals surface area contributed by atoms with Gasteiger partial charge in [-0.25, -0.2) is 4.39 Å². The van der Waals surface area contributed by atoms with Gasteiger partial charge in [0.1, 0.15) is 11.6 Å². The number of aryl methyl sites for hydroxylation is 1. The Morgan fingerprint density at radius 2 is 1.95 bits per heavy atom. The van der Waals surface area contributed by atoms with Crippen molar-refractivity contribution in [2.45, 2.75) is 26.8 Å². The molecule has 0 saturated carbocycles. The summed E-state index contributed by atoms with van der Waals surface area (Å²) in [6.07, 6.45) is 1.09. The topological polar surface area (TPSA) is 21.3 Å². The van der Waals surface area contributed by atoms with Crippen molar-refractivity contribution in [3.63, 3.8) is 0 Å². The van der Waals surface area contributed by atoms with E-state index in [0.29, 0.717) is 0 Å². The van der Waals surface area contributed by atoms with Crippen LogP contribution in [0.5, 0.6) is 5.75 Å². The minimum absolute atomic E-state index is 0.211. The number of rotatable bonds is 6. The van der Waals surface area contributed by atoms with E-state index in [1.165, 1.54) is 6.07 Å². The standard InChI is InChI=1S/C18H22FNO/c1-4-9-20-12-15-10-14(6-8-18(15)21-3)17-11-16(19)7-5-13(17)2/h5-8,10-11,20H,4,9,12H2,1-3H3. The molecule has 0 aliphatic rings. The highest BCUT2D eigenvalue weighted by Gasteiger charge is 2.08. The van der Waals surface area contributed by atoms with Crippen LogP contribution in [-0.4, -0.2) is 13.7 Å². The molecule has 0 fully saturated rings. The second-order valence-corrected chi connectivity index (χ2v) is 5.16. The molecule has 0 amide bonds. The third-order valence-corrected chi connectivity index (χ3v) is 3.53. The fraction of sp³-hybridized carbons (Fsp3) is 0.333. The molecule has 0 saturated heterocycles. The van der Waals surface area contributed by atoms with Gasteiger partial charge in [-0.1, -0.05) is 19.1 Å². The monoisotopic (exact) mass is 287 g/mol. The summed E-state index contributed by atoms with van der Waals surface area (Å²) >= 11 is 0. The lowest BCUT2D eigenvalue weighted by atomic mass is 9.98. The molecule has 0 unspecified atom stereocenters. The lowest BCUT2D eigenvalue weighted by Crippen LogP contribution is -2.14. The van der Waals surface area contributed by atoms with Crippen LogP contribution in [0.2, 0.25) is 0 Å². The van der Waals surface area contributed by atoms with Gasteiger partial charge in [-0.2, -0.15) is 0 Å². The first-order valence-electron chi connectivity index (χ1n) is 7.30. The largest absolute Gasteiger partial charge is 0.496 e. The molecule has 0 heterocycles. The molecular weight excluding hydrogens is 265 g/mol. The first-order chi connectivity index (χ1) is 10.2. The first-order valence-corrected chi connectivity index (χ1v) is 7.30. The minimum Gasteiger partial charge on any atom is -0.496 e. The maximum Gasteiger partial charge on any atom is 0.123 e. The Balaban J connectivity index is 2.36. The lowest BCUT2D eigenvalue weighted by Gasteiger charge is -2.13.